The number of nitrogens with zero attached hydrogens (tertiary/aromatic N) is 4. The lowest BCUT2D eigenvalue weighted by Crippen LogP contribution is -2.52. The van der Waals surface area contributed by atoms with Gasteiger partial charge < -0.3 is 20.1 Å². The Morgan fingerprint density at radius 2 is 1.92 bits per heavy atom. The second-order valence-corrected chi connectivity index (χ2v) is 9.53. The zero-order chi connectivity index (χ0) is 25.7. The SMILES string of the molecule is CN1CCN(C2CCCCC2)CC1=O.COc1cc2ncnc(Nc3cc(Cl)ccc3F)c2cc1O. The van der Waals surface area contributed by atoms with E-state index in [2.05, 4.69) is 20.2 Å². The summed E-state index contributed by atoms with van der Waals surface area (Å²) in [4.78, 5) is 24.0. The number of aromatic hydroxyl groups is 1. The number of carbonyl (C=O) groups excluding carboxylic acids is 1. The van der Waals surface area contributed by atoms with Crippen LogP contribution in [-0.2, 0) is 4.79 Å². The van der Waals surface area contributed by atoms with Gasteiger partial charge in [-0.3, -0.25) is 9.69 Å². The van der Waals surface area contributed by atoms with Gasteiger partial charge in [-0.1, -0.05) is 30.9 Å². The first-order valence-electron chi connectivity index (χ1n) is 12.1. The number of rotatable bonds is 4. The molecular formula is C26H31ClFN5O3. The van der Waals surface area contributed by atoms with Crippen LogP contribution in [0.25, 0.3) is 10.9 Å². The molecule has 2 fully saturated rings. The number of amides is 1. The second-order valence-electron chi connectivity index (χ2n) is 9.09. The van der Waals surface area contributed by atoms with Crippen LogP contribution in [0.1, 0.15) is 32.1 Å². The predicted molar refractivity (Wildman–Crippen MR) is 139 cm³/mol. The minimum Gasteiger partial charge on any atom is -0.504 e. The highest BCUT2D eigenvalue weighted by Crippen LogP contribution is 2.34. The van der Waals surface area contributed by atoms with E-state index in [0.29, 0.717) is 46.0 Å². The Balaban J connectivity index is 0.000000187. The van der Waals surface area contributed by atoms with E-state index in [9.17, 15) is 14.3 Å². The Kier molecular flexibility index (Phi) is 8.43. The molecule has 0 spiro atoms. The van der Waals surface area contributed by atoms with Crippen LogP contribution in [0.5, 0.6) is 11.5 Å². The third-order valence-corrected chi connectivity index (χ3v) is 6.93. The maximum atomic E-state index is 13.8. The number of phenolic OH excluding ortho intramolecular Hbond substituents is 1. The van der Waals surface area contributed by atoms with Crippen molar-refractivity contribution in [1.29, 1.82) is 0 Å². The second kappa shape index (κ2) is 11.7. The molecule has 192 valence electrons. The van der Waals surface area contributed by atoms with Crippen LogP contribution in [-0.4, -0.2) is 70.6 Å². The number of anilines is 2. The first-order valence-corrected chi connectivity index (χ1v) is 12.5. The third kappa shape index (κ3) is 6.14. The molecule has 8 nitrogen and oxygen atoms in total. The number of ether oxygens (including phenoxy) is 1. The molecule has 10 heteroatoms. The quantitative estimate of drug-likeness (QED) is 0.506. The molecule has 0 bridgehead atoms. The van der Waals surface area contributed by atoms with Gasteiger partial charge in [-0.2, -0.15) is 0 Å². The summed E-state index contributed by atoms with van der Waals surface area (Å²) in [6.07, 6.45) is 8.03. The fraction of sp³-hybridized carbons (Fsp3) is 0.423. The van der Waals surface area contributed by atoms with E-state index < -0.39 is 5.82 Å². The smallest absolute Gasteiger partial charge is 0.236 e. The van der Waals surface area contributed by atoms with Crippen molar-refractivity contribution in [1.82, 2.24) is 19.8 Å². The number of hydrogen-bond donors (Lipinski definition) is 2. The van der Waals surface area contributed by atoms with Crippen molar-refractivity contribution in [2.24, 2.45) is 0 Å². The number of halogens is 2. The zero-order valence-electron chi connectivity index (χ0n) is 20.5. The molecule has 5 rings (SSSR count). The summed E-state index contributed by atoms with van der Waals surface area (Å²) in [5.74, 6) is 0.422. The maximum Gasteiger partial charge on any atom is 0.236 e. The molecule has 2 heterocycles. The molecule has 0 radical (unpaired) electrons. The molecule has 0 atom stereocenters. The fourth-order valence-electron chi connectivity index (χ4n) is 4.59. The molecule has 1 saturated heterocycles. The summed E-state index contributed by atoms with van der Waals surface area (Å²) < 4.78 is 18.9. The van der Waals surface area contributed by atoms with Crippen LogP contribution in [0.4, 0.5) is 15.9 Å². The topological polar surface area (TPSA) is 90.8 Å². The number of likely N-dealkylation sites (N-methyl/N-ethyl adjacent to an activating group) is 1. The minimum atomic E-state index is -0.464. The van der Waals surface area contributed by atoms with Crippen molar-refractivity contribution in [3.63, 3.8) is 0 Å². The maximum absolute atomic E-state index is 13.8. The van der Waals surface area contributed by atoms with Crippen molar-refractivity contribution < 1.29 is 19.0 Å². The van der Waals surface area contributed by atoms with Gasteiger partial charge in [0.25, 0.3) is 0 Å². The number of benzene rings is 2. The van der Waals surface area contributed by atoms with Gasteiger partial charge in [-0.15, -0.1) is 0 Å². The molecule has 2 aromatic carbocycles. The van der Waals surface area contributed by atoms with Crippen LogP contribution in [0.15, 0.2) is 36.7 Å². The highest BCUT2D eigenvalue weighted by Gasteiger charge is 2.27. The molecular weight excluding hydrogens is 485 g/mol. The highest BCUT2D eigenvalue weighted by atomic mass is 35.5. The first-order chi connectivity index (χ1) is 17.4. The Morgan fingerprint density at radius 1 is 1.14 bits per heavy atom. The average molecular weight is 516 g/mol. The summed E-state index contributed by atoms with van der Waals surface area (Å²) in [5, 5.41) is 13.7. The van der Waals surface area contributed by atoms with Gasteiger partial charge in [-0.05, 0) is 37.1 Å². The molecule has 2 aliphatic rings. The number of carbonyl (C=O) groups is 1. The lowest BCUT2D eigenvalue weighted by molar-refractivity contribution is -0.135. The van der Waals surface area contributed by atoms with Gasteiger partial charge >= 0.3 is 0 Å². The Labute approximate surface area is 215 Å². The van der Waals surface area contributed by atoms with E-state index in [1.807, 2.05) is 11.9 Å². The van der Waals surface area contributed by atoms with Crippen molar-refractivity contribution in [2.45, 2.75) is 38.1 Å². The number of hydrogen-bond acceptors (Lipinski definition) is 7. The molecule has 2 N–H and O–H groups in total. The number of nitrogens with one attached hydrogen (secondary N) is 1. The normalized spacial score (nSPS) is 17.0. The molecule has 1 saturated carbocycles. The Hall–Kier alpha value is -3.17. The molecule has 36 heavy (non-hydrogen) atoms. The summed E-state index contributed by atoms with van der Waals surface area (Å²) in [6.45, 7) is 2.64. The highest BCUT2D eigenvalue weighted by molar-refractivity contribution is 6.30. The Bertz CT molecular complexity index is 1220. The van der Waals surface area contributed by atoms with Crippen LogP contribution in [0.3, 0.4) is 0 Å². The van der Waals surface area contributed by atoms with Crippen molar-refractivity contribution in [3.8, 4) is 11.5 Å². The van der Waals surface area contributed by atoms with Crippen LogP contribution >= 0.6 is 11.6 Å². The monoisotopic (exact) mass is 515 g/mol. The molecule has 3 aromatic rings. The molecule has 1 amide bonds. The average Bonchev–Trinajstić information content (AvgIpc) is 2.89. The number of piperazine rings is 1. The van der Waals surface area contributed by atoms with E-state index in [-0.39, 0.29) is 11.4 Å². The number of fused-ring (bicyclic) bond motifs is 1. The van der Waals surface area contributed by atoms with Crippen LogP contribution < -0.4 is 10.1 Å². The van der Waals surface area contributed by atoms with Gasteiger partial charge in [0, 0.05) is 42.7 Å². The van der Waals surface area contributed by atoms with Crippen LogP contribution in [0, 0.1) is 5.82 Å². The lowest BCUT2D eigenvalue weighted by atomic mass is 9.94. The first kappa shape index (κ1) is 25.9. The van der Waals surface area contributed by atoms with E-state index in [1.165, 1.54) is 69.8 Å². The summed E-state index contributed by atoms with van der Waals surface area (Å²) in [7, 11) is 3.35. The van der Waals surface area contributed by atoms with Crippen molar-refractivity contribution in [2.75, 3.05) is 39.1 Å². The fourth-order valence-corrected chi connectivity index (χ4v) is 4.76. The van der Waals surface area contributed by atoms with Crippen molar-refractivity contribution in [3.05, 3.63) is 47.5 Å². The zero-order valence-corrected chi connectivity index (χ0v) is 21.3. The number of phenols is 1. The standard InChI is InChI=1S/C15H11ClFN3O2.C11H20N2O/c1-22-14-6-11-9(5-13(14)21)15(19-7-18-11)20-12-4-8(16)2-3-10(12)17;1-12-7-8-13(9-11(12)14)10-5-3-2-4-6-10/h2-7,21H,1H3,(H,18,19,20);10H,2-9H2,1H3. The van der Waals surface area contributed by atoms with E-state index in [0.717, 1.165) is 13.1 Å². The summed E-state index contributed by atoms with van der Waals surface area (Å²) in [5.41, 5.74) is 0.734. The van der Waals surface area contributed by atoms with Crippen molar-refractivity contribution >= 4 is 39.9 Å². The van der Waals surface area contributed by atoms with E-state index in [4.69, 9.17) is 16.3 Å². The summed E-state index contributed by atoms with van der Waals surface area (Å²) >= 11 is 5.87. The Morgan fingerprint density at radius 3 is 2.64 bits per heavy atom. The van der Waals surface area contributed by atoms with Gasteiger partial charge in [-0.25, -0.2) is 14.4 Å². The summed E-state index contributed by atoms with van der Waals surface area (Å²) in [6, 6.07) is 7.89. The van der Waals surface area contributed by atoms with Gasteiger partial charge in [0.05, 0.1) is 24.9 Å². The minimum absolute atomic E-state index is 0.0561. The molecule has 1 aliphatic carbocycles. The van der Waals surface area contributed by atoms with E-state index in [1.54, 1.807) is 6.07 Å². The van der Waals surface area contributed by atoms with Gasteiger partial charge in [0.2, 0.25) is 5.91 Å². The molecule has 1 aromatic heterocycles. The number of aromatic nitrogens is 2. The number of methoxy groups -OCH3 is 1. The predicted octanol–water partition coefficient (Wildman–Crippen LogP) is 4.97. The molecule has 0 unspecified atom stereocenters. The van der Waals surface area contributed by atoms with Crippen LogP contribution in [0.2, 0.25) is 5.02 Å². The van der Waals surface area contributed by atoms with Gasteiger partial charge in [0.15, 0.2) is 11.5 Å². The third-order valence-electron chi connectivity index (χ3n) is 6.70. The van der Waals surface area contributed by atoms with Gasteiger partial charge in [0.1, 0.15) is 18.0 Å². The largest absolute Gasteiger partial charge is 0.504 e. The molecule has 1 aliphatic heterocycles. The lowest BCUT2D eigenvalue weighted by Gasteiger charge is -2.39. The van der Waals surface area contributed by atoms with E-state index >= 15 is 0 Å².